The number of rotatable bonds is 2. The van der Waals surface area contributed by atoms with E-state index in [1.165, 1.54) is 55.3 Å². The molecule has 0 aliphatic heterocycles. The van der Waals surface area contributed by atoms with Crippen LogP contribution in [0.15, 0.2) is 85.2 Å². The highest BCUT2D eigenvalue weighted by molar-refractivity contribution is 5.94. The fraction of sp³-hybridized carbons (Fsp3) is 0.143. The molecule has 0 N–H and O–H groups in total. The Bertz CT molecular complexity index is 1430. The summed E-state index contributed by atoms with van der Waals surface area (Å²) in [4.78, 5) is 0. The van der Waals surface area contributed by atoms with Crippen LogP contribution in [0.3, 0.4) is 0 Å². The first kappa shape index (κ1) is 18.5. The molecule has 2 heterocycles. The molecule has 146 valence electrons. The molecule has 0 atom stereocenters. The van der Waals surface area contributed by atoms with Gasteiger partial charge in [0.25, 0.3) is 0 Å². The van der Waals surface area contributed by atoms with Gasteiger partial charge >= 0.3 is 0 Å². The Morgan fingerprint density at radius 3 is 2.20 bits per heavy atom. The van der Waals surface area contributed by atoms with Crippen LogP contribution in [0.2, 0.25) is 0 Å². The predicted octanol–water partition coefficient (Wildman–Crippen LogP) is 5.69. The maximum absolute atomic E-state index is 2.33. The molecule has 5 aromatic rings. The third-order valence-corrected chi connectivity index (χ3v) is 6.09. The van der Waals surface area contributed by atoms with Crippen LogP contribution in [0.5, 0.6) is 0 Å². The second-order valence-electron chi connectivity index (χ2n) is 8.23. The Labute approximate surface area is 177 Å². The maximum atomic E-state index is 2.33. The number of pyridine rings is 2. The monoisotopic (exact) mass is 390 g/mol. The molecule has 5 rings (SSSR count). The van der Waals surface area contributed by atoms with Crippen molar-refractivity contribution in [2.75, 3.05) is 0 Å². The average Bonchev–Trinajstić information content (AvgIpc) is 2.75. The van der Waals surface area contributed by atoms with Crippen molar-refractivity contribution in [3.05, 3.63) is 102 Å². The van der Waals surface area contributed by atoms with Crippen molar-refractivity contribution < 1.29 is 9.13 Å². The van der Waals surface area contributed by atoms with Crippen molar-refractivity contribution in [3.63, 3.8) is 0 Å². The van der Waals surface area contributed by atoms with Crippen molar-refractivity contribution in [1.29, 1.82) is 0 Å². The van der Waals surface area contributed by atoms with Gasteiger partial charge in [0.05, 0.1) is 10.9 Å². The van der Waals surface area contributed by atoms with Crippen LogP contribution in [0, 0.1) is 20.8 Å². The first-order chi connectivity index (χ1) is 14.5. The van der Waals surface area contributed by atoms with Gasteiger partial charge in [-0.15, -0.1) is 0 Å². The number of benzene rings is 3. The third kappa shape index (κ3) is 2.96. The molecule has 0 unspecified atom stereocenters. The molecule has 0 aliphatic carbocycles. The summed E-state index contributed by atoms with van der Waals surface area (Å²) in [6.07, 6.45) is 4.42. The fourth-order valence-electron chi connectivity index (χ4n) is 4.54. The second kappa shape index (κ2) is 7.07. The van der Waals surface area contributed by atoms with E-state index in [0.29, 0.717) is 0 Å². The number of hydrogen-bond donors (Lipinski definition) is 0. The predicted molar refractivity (Wildman–Crippen MR) is 124 cm³/mol. The molecule has 0 fully saturated rings. The van der Waals surface area contributed by atoms with E-state index >= 15 is 0 Å². The van der Waals surface area contributed by atoms with Gasteiger partial charge < -0.3 is 0 Å². The minimum Gasteiger partial charge on any atom is -0.200 e. The quantitative estimate of drug-likeness (QED) is 0.342. The van der Waals surface area contributed by atoms with E-state index in [9.17, 15) is 0 Å². The summed E-state index contributed by atoms with van der Waals surface area (Å²) in [7, 11) is 2.14. The Hall–Kier alpha value is -3.52. The SMILES string of the molecule is Cc1cc(-c2c3ccccc3cc[n+]2C)c(C)c(-[n+]2cc3ccccc3cc2C)c1. The summed E-state index contributed by atoms with van der Waals surface area (Å²) < 4.78 is 4.57. The van der Waals surface area contributed by atoms with Crippen molar-refractivity contribution in [3.8, 4) is 16.9 Å². The Morgan fingerprint density at radius 2 is 1.40 bits per heavy atom. The Morgan fingerprint density at radius 1 is 0.700 bits per heavy atom. The van der Waals surface area contributed by atoms with Crippen LogP contribution in [0.25, 0.3) is 38.5 Å². The highest BCUT2D eigenvalue weighted by atomic mass is 15.0. The van der Waals surface area contributed by atoms with Crippen LogP contribution in [0.1, 0.15) is 16.8 Å². The van der Waals surface area contributed by atoms with Gasteiger partial charge in [-0.1, -0.05) is 36.4 Å². The number of aryl methyl sites for hydroxylation is 3. The summed E-state index contributed by atoms with van der Waals surface area (Å²) in [5, 5.41) is 5.07. The van der Waals surface area contributed by atoms with Crippen LogP contribution in [-0.2, 0) is 7.05 Å². The molecule has 0 saturated heterocycles. The van der Waals surface area contributed by atoms with Gasteiger partial charge in [0.15, 0.2) is 18.1 Å². The lowest BCUT2D eigenvalue weighted by Gasteiger charge is -2.12. The normalized spacial score (nSPS) is 11.3. The van der Waals surface area contributed by atoms with Crippen molar-refractivity contribution in [2.45, 2.75) is 20.8 Å². The maximum Gasteiger partial charge on any atom is 0.220 e. The van der Waals surface area contributed by atoms with E-state index in [4.69, 9.17) is 0 Å². The van der Waals surface area contributed by atoms with Crippen LogP contribution >= 0.6 is 0 Å². The van der Waals surface area contributed by atoms with E-state index < -0.39 is 0 Å². The zero-order valence-corrected chi connectivity index (χ0v) is 18.0. The molecule has 0 saturated carbocycles. The van der Waals surface area contributed by atoms with Gasteiger partial charge in [-0.05, 0) is 48.4 Å². The van der Waals surface area contributed by atoms with E-state index in [1.54, 1.807) is 0 Å². The summed E-state index contributed by atoms with van der Waals surface area (Å²) >= 11 is 0. The molecule has 0 bridgehead atoms. The van der Waals surface area contributed by atoms with Gasteiger partial charge in [-0.2, -0.15) is 4.57 Å². The zero-order valence-electron chi connectivity index (χ0n) is 18.0. The fourth-order valence-corrected chi connectivity index (χ4v) is 4.54. The van der Waals surface area contributed by atoms with Crippen molar-refractivity contribution in [2.24, 2.45) is 7.05 Å². The Kier molecular flexibility index (Phi) is 4.36. The van der Waals surface area contributed by atoms with Crippen molar-refractivity contribution in [1.82, 2.24) is 0 Å². The standard InChI is InChI=1S/C28H26N2/c1-19-15-26(28-25-12-8-7-9-22(25)13-14-29(28)4)21(3)27(16-19)30-18-24-11-6-5-10-23(24)17-20(30)2/h5-18H,1-4H3/q+2. The first-order valence-corrected chi connectivity index (χ1v) is 10.4. The molecule has 30 heavy (non-hydrogen) atoms. The number of nitrogens with zero attached hydrogens (tertiary/aromatic N) is 2. The summed E-state index contributed by atoms with van der Waals surface area (Å²) in [6, 6.07) is 26.3. The molecular weight excluding hydrogens is 364 g/mol. The summed E-state index contributed by atoms with van der Waals surface area (Å²) in [5.41, 5.74) is 7.56. The number of fused-ring (bicyclic) bond motifs is 2. The molecule has 0 spiro atoms. The summed E-state index contributed by atoms with van der Waals surface area (Å²) in [6.45, 7) is 6.62. The van der Waals surface area contributed by atoms with Gasteiger partial charge in [-0.3, -0.25) is 0 Å². The van der Waals surface area contributed by atoms with Crippen LogP contribution in [0.4, 0.5) is 0 Å². The largest absolute Gasteiger partial charge is 0.220 e. The molecule has 2 aromatic heterocycles. The molecule has 0 radical (unpaired) electrons. The Balaban J connectivity index is 1.82. The average molecular weight is 391 g/mol. The number of hydrogen-bond acceptors (Lipinski definition) is 0. The lowest BCUT2D eigenvalue weighted by molar-refractivity contribution is -0.659. The van der Waals surface area contributed by atoms with E-state index in [1.807, 2.05) is 0 Å². The van der Waals surface area contributed by atoms with Crippen molar-refractivity contribution >= 4 is 21.5 Å². The highest BCUT2D eigenvalue weighted by Crippen LogP contribution is 2.31. The molecule has 2 nitrogen and oxygen atoms in total. The van der Waals surface area contributed by atoms with Gasteiger partial charge in [-0.25, -0.2) is 4.57 Å². The van der Waals surface area contributed by atoms with Crippen LogP contribution in [-0.4, -0.2) is 0 Å². The molecule has 2 heteroatoms. The zero-order chi connectivity index (χ0) is 20.8. The van der Waals surface area contributed by atoms with Gasteiger partial charge in [0.2, 0.25) is 11.4 Å². The minimum absolute atomic E-state index is 1.23. The molecular formula is C28H26N2+2. The topological polar surface area (TPSA) is 7.76 Å². The molecule has 0 aliphatic rings. The second-order valence-corrected chi connectivity index (χ2v) is 8.23. The van der Waals surface area contributed by atoms with E-state index in [-0.39, 0.29) is 0 Å². The van der Waals surface area contributed by atoms with Gasteiger partial charge in [0.1, 0.15) is 7.05 Å². The summed E-state index contributed by atoms with van der Waals surface area (Å²) in [5.74, 6) is 0. The minimum atomic E-state index is 1.23. The lowest BCUT2D eigenvalue weighted by Crippen LogP contribution is -2.36. The van der Waals surface area contributed by atoms with Gasteiger partial charge in [0, 0.05) is 36.1 Å². The lowest BCUT2D eigenvalue weighted by atomic mass is 9.96. The number of aromatic nitrogens is 2. The van der Waals surface area contributed by atoms with E-state index in [0.717, 1.165) is 0 Å². The molecule has 0 amide bonds. The third-order valence-electron chi connectivity index (χ3n) is 6.09. The highest BCUT2D eigenvalue weighted by Gasteiger charge is 2.23. The molecule has 3 aromatic carbocycles. The van der Waals surface area contributed by atoms with Crippen LogP contribution < -0.4 is 9.13 Å². The smallest absolute Gasteiger partial charge is 0.200 e. The van der Waals surface area contributed by atoms with E-state index in [2.05, 4.69) is 122 Å². The first-order valence-electron chi connectivity index (χ1n) is 10.4.